The molecular formula is C11H12N4O4S2. The highest BCUT2D eigenvalue weighted by atomic mass is 32.2. The topological polar surface area (TPSA) is 111 Å². The van der Waals surface area contributed by atoms with Crippen molar-refractivity contribution in [3.63, 3.8) is 0 Å². The number of nitrogens with one attached hydrogen (secondary N) is 1. The number of aryl methyl sites for hydroxylation is 2. The quantitative estimate of drug-likeness (QED) is 0.838. The van der Waals surface area contributed by atoms with Crippen molar-refractivity contribution < 1.29 is 17.9 Å². The van der Waals surface area contributed by atoms with Crippen LogP contribution >= 0.6 is 11.3 Å². The van der Waals surface area contributed by atoms with Gasteiger partial charge in [0.1, 0.15) is 0 Å². The molecule has 0 amide bonds. The normalized spacial score (nSPS) is 11.2. The zero-order chi connectivity index (χ0) is 15.6. The number of carbonyl (C=O) groups is 1. The molecule has 0 unspecified atom stereocenters. The minimum absolute atomic E-state index is 0.0586. The van der Waals surface area contributed by atoms with E-state index in [4.69, 9.17) is 0 Å². The summed E-state index contributed by atoms with van der Waals surface area (Å²) < 4.78 is 31.1. The number of aromatic nitrogens is 3. The third kappa shape index (κ3) is 3.34. The van der Waals surface area contributed by atoms with E-state index in [-0.39, 0.29) is 15.9 Å². The number of ether oxygens (including phenoxy) is 1. The molecule has 0 atom stereocenters. The lowest BCUT2D eigenvalue weighted by Crippen LogP contribution is -2.18. The molecule has 0 radical (unpaired) electrons. The van der Waals surface area contributed by atoms with Gasteiger partial charge in [0, 0.05) is 11.4 Å². The van der Waals surface area contributed by atoms with Crippen LogP contribution in [-0.4, -0.2) is 36.4 Å². The Hall–Kier alpha value is -2.07. The van der Waals surface area contributed by atoms with E-state index in [0.29, 0.717) is 11.4 Å². The zero-order valence-electron chi connectivity index (χ0n) is 11.4. The van der Waals surface area contributed by atoms with Gasteiger partial charge in [-0.1, -0.05) is 0 Å². The summed E-state index contributed by atoms with van der Waals surface area (Å²) in [6.07, 6.45) is 0. The Morgan fingerprint density at radius 2 is 1.90 bits per heavy atom. The number of anilines is 1. The highest BCUT2D eigenvalue weighted by Gasteiger charge is 2.27. The SMILES string of the molecule is COC(=O)c1ncsc1S(=O)(=O)Nc1nc(C)cc(C)n1. The number of carbonyl (C=O) groups excluding carboxylic acids is 1. The van der Waals surface area contributed by atoms with Crippen LogP contribution in [0.5, 0.6) is 0 Å². The monoisotopic (exact) mass is 328 g/mol. The highest BCUT2D eigenvalue weighted by molar-refractivity contribution is 7.94. The molecule has 1 N–H and O–H groups in total. The molecule has 0 aromatic carbocycles. The van der Waals surface area contributed by atoms with Gasteiger partial charge in [-0.25, -0.2) is 32.9 Å². The van der Waals surface area contributed by atoms with Crippen LogP contribution in [0.1, 0.15) is 21.9 Å². The molecular weight excluding hydrogens is 316 g/mol. The summed E-state index contributed by atoms with van der Waals surface area (Å²) in [5, 5.41) is 0. The van der Waals surface area contributed by atoms with Gasteiger partial charge in [0.05, 0.1) is 12.6 Å². The number of hydrogen-bond acceptors (Lipinski definition) is 8. The van der Waals surface area contributed by atoms with Crippen molar-refractivity contribution in [3.05, 3.63) is 28.7 Å². The number of hydrogen-bond donors (Lipinski definition) is 1. The van der Waals surface area contributed by atoms with E-state index in [1.165, 1.54) is 5.51 Å². The Kier molecular flexibility index (Phi) is 4.19. The third-order valence-electron chi connectivity index (χ3n) is 2.37. The first-order valence-electron chi connectivity index (χ1n) is 5.70. The minimum atomic E-state index is -4.01. The van der Waals surface area contributed by atoms with Crippen LogP contribution in [0.15, 0.2) is 15.8 Å². The van der Waals surface area contributed by atoms with E-state index >= 15 is 0 Å². The van der Waals surface area contributed by atoms with E-state index in [0.717, 1.165) is 18.4 Å². The van der Waals surface area contributed by atoms with Gasteiger partial charge in [0.2, 0.25) is 5.95 Å². The van der Waals surface area contributed by atoms with Gasteiger partial charge >= 0.3 is 5.97 Å². The van der Waals surface area contributed by atoms with Gasteiger partial charge in [0.25, 0.3) is 10.0 Å². The molecule has 21 heavy (non-hydrogen) atoms. The molecule has 8 nitrogen and oxygen atoms in total. The van der Waals surface area contributed by atoms with E-state index in [1.807, 2.05) is 0 Å². The molecule has 0 aliphatic carbocycles. The Bertz CT molecular complexity index is 765. The fourth-order valence-corrected chi connectivity index (χ4v) is 3.67. The number of sulfonamides is 1. The second-order valence-electron chi connectivity index (χ2n) is 4.06. The number of esters is 1. The van der Waals surface area contributed by atoms with Gasteiger partial charge in [-0.15, -0.1) is 11.3 Å². The molecule has 2 aromatic rings. The molecule has 2 aromatic heterocycles. The number of methoxy groups -OCH3 is 1. The van der Waals surface area contributed by atoms with Crippen LogP contribution in [0.3, 0.4) is 0 Å². The third-order valence-corrected chi connectivity index (χ3v) is 5.06. The average Bonchev–Trinajstić information content (AvgIpc) is 2.85. The summed E-state index contributed by atoms with van der Waals surface area (Å²) in [4.78, 5) is 23.2. The van der Waals surface area contributed by atoms with Gasteiger partial charge in [-0.05, 0) is 19.9 Å². The molecule has 0 saturated carbocycles. The maximum atomic E-state index is 12.3. The van der Waals surface area contributed by atoms with Crippen molar-refractivity contribution in [2.45, 2.75) is 18.1 Å². The Morgan fingerprint density at radius 1 is 1.29 bits per heavy atom. The summed E-state index contributed by atoms with van der Waals surface area (Å²) in [5.41, 5.74) is 2.23. The first kappa shape index (κ1) is 15.3. The molecule has 0 fully saturated rings. The highest BCUT2D eigenvalue weighted by Crippen LogP contribution is 2.22. The fraction of sp³-hybridized carbons (Fsp3) is 0.273. The van der Waals surface area contributed by atoms with Crippen molar-refractivity contribution in [3.8, 4) is 0 Å². The largest absolute Gasteiger partial charge is 0.464 e. The Morgan fingerprint density at radius 3 is 2.48 bits per heavy atom. The molecule has 10 heteroatoms. The lowest BCUT2D eigenvalue weighted by molar-refractivity contribution is 0.0590. The summed E-state index contributed by atoms with van der Waals surface area (Å²) in [6.45, 7) is 3.44. The molecule has 0 bridgehead atoms. The molecule has 0 spiro atoms. The van der Waals surface area contributed by atoms with Gasteiger partial charge in [-0.3, -0.25) is 0 Å². The molecule has 112 valence electrons. The van der Waals surface area contributed by atoms with Crippen molar-refractivity contribution in [1.82, 2.24) is 15.0 Å². The second kappa shape index (κ2) is 5.74. The van der Waals surface area contributed by atoms with Gasteiger partial charge < -0.3 is 4.74 Å². The second-order valence-corrected chi connectivity index (χ2v) is 6.79. The van der Waals surface area contributed by atoms with E-state index in [2.05, 4.69) is 24.4 Å². The lowest BCUT2D eigenvalue weighted by Gasteiger charge is -2.07. The van der Waals surface area contributed by atoms with Crippen LogP contribution in [0.2, 0.25) is 0 Å². The predicted molar refractivity (Wildman–Crippen MR) is 75.8 cm³/mol. The Balaban J connectivity index is 2.39. The van der Waals surface area contributed by atoms with Gasteiger partial charge in [0.15, 0.2) is 9.90 Å². The van der Waals surface area contributed by atoms with Crippen LogP contribution in [0.4, 0.5) is 5.95 Å². The van der Waals surface area contributed by atoms with Crippen LogP contribution in [0, 0.1) is 13.8 Å². The Labute approximate surface area is 125 Å². The summed E-state index contributed by atoms with van der Waals surface area (Å²) in [6, 6.07) is 1.71. The molecule has 0 saturated heterocycles. The number of nitrogens with zero attached hydrogens (tertiary/aromatic N) is 3. The summed E-state index contributed by atoms with van der Waals surface area (Å²) in [7, 11) is -2.86. The molecule has 2 heterocycles. The van der Waals surface area contributed by atoms with Crippen LogP contribution in [0.25, 0.3) is 0 Å². The van der Waals surface area contributed by atoms with Crippen LogP contribution in [-0.2, 0) is 14.8 Å². The smallest absolute Gasteiger partial charge is 0.358 e. The zero-order valence-corrected chi connectivity index (χ0v) is 13.1. The van der Waals surface area contributed by atoms with Crippen molar-refractivity contribution in [2.24, 2.45) is 0 Å². The molecule has 0 aliphatic rings. The van der Waals surface area contributed by atoms with Crippen molar-refractivity contribution in [1.29, 1.82) is 0 Å². The van der Waals surface area contributed by atoms with Crippen molar-refractivity contribution in [2.75, 3.05) is 11.8 Å². The van der Waals surface area contributed by atoms with E-state index in [1.54, 1.807) is 19.9 Å². The first-order valence-corrected chi connectivity index (χ1v) is 8.06. The number of thiazole rings is 1. The number of rotatable bonds is 4. The van der Waals surface area contributed by atoms with E-state index in [9.17, 15) is 13.2 Å². The minimum Gasteiger partial charge on any atom is -0.464 e. The first-order chi connectivity index (χ1) is 9.83. The summed E-state index contributed by atoms with van der Waals surface area (Å²) in [5.74, 6) is -0.880. The predicted octanol–water partition coefficient (Wildman–Crippen LogP) is 1.14. The fourth-order valence-electron chi connectivity index (χ4n) is 1.60. The maximum absolute atomic E-state index is 12.3. The molecule has 0 aliphatic heterocycles. The van der Waals surface area contributed by atoms with Crippen molar-refractivity contribution >= 4 is 33.3 Å². The van der Waals surface area contributed by atoms with Gasteiger partial charge in [-0.2, -0.15) is 0 Å². The van der Waals surface area contributed by atoms with E-state index < -0.39 is 16.0 Å². The maximum Gasteiger partial charge on any atom is 0.358 e. The summed E-state index contributed by atoms with van der Waals surface area (Å²) >= 11 is 0.810. The van der Waals surface area contributed by atoms with Crippen LogP contribution < -0.4 is 4.72 Å². The lowest BCUT2D eigenvalue weighted by atomic mass is 10.4. The average molecular weight is 328 g/mol. The standard InChI is InChI=1S/C11H12N4O4S2/c1-6-4-7(2)14-11(13-6)15-21(17,18)10-8(9(16)19-3)12-5-20-10/h4-5H,1-3H3,(H,13,14,15). The molecule has 2 rings (SSSR count).